The molecular weight excluding hydrogens is 272 g/mol. The molecule has 0 N–H and O–H groups in total. The van der Waals surface area contributed by atoms with E-state index in [0.29, 0.717) is 19.0 Å². The lowest BCUT2D eigenvalue weighted by Gasteiger charge is -2.21. The molecule has 0 aliphatic carbocycles. The predicted molar refractivity (Wildman–Crippen MR) is 80.9 cm³/mol. The van der Waals surface area contributed by atoms with Gasteiger partial charge in [-0.3, -0.25) is 9.59 Å². The molecule has 0 aromatic rings. The molecule has 124 valence electrons. The Labute approximate surface area is 128 Å². The van der Waals surface area contributed by atoms with E-state index in [-0.39, 0.29) is 31.0 Å². The van der Waals surface area contributed by atoms with Gasteiger partial charge in [0.1, 0.15) is 6.10 Å². The molecule has 0 saturated carbocycles. The van der Waals surface area contributed by atoms with Gasteiger partial charge in [-0.1, -0.05) is 33.6 Å². The number of methoxy groups -OCH3 is 1. The maximum atomic E-state index is 12.0. The fourth-order valence-corrected chi connectivity index (χ4v) is 2.23. The summed E-state index contributed by atoms with van der Waals surface area (Å²) in [4.78, 5) is 22.3. The number of hydrogen-bond acceptors (Lipinski definition) is 5. The van der Waals surface area contributed by atoms with E-state index in [2.05, 4.69) is 20.8 Å². The molecule has 5 heteroatoms. The molecule has 0 aromatic carbocycles. The van der Waals surface area contributed by atoms with Crippen molar-refractivity contribution in [2.75, 3.05) is 20.3 Å². The third kappa shape index (κ3) is 11.3. The normalized spacial score (nSPS) is 13.8. The monoisotopic (exact) mass is 302 g/mol. The molecule has 21 heavy (non-hydrogen) atoms. The Morgan fingerprint density at radius 3 is 2.48 bits per heavy atom. The van der Waals surface area contributed by atoms with Crippen LogP contribution in [0.3, 0.4) is 0 Å². The van der Waals surface area contributed by atoms with E-state index in [1.54, 1.807) is 7.11 Å². The molecule has 0 radical (unpaired) electrons. The van der Waals surface area contributed by atoms with Gasteiger partial charge in [-0.15, -0.1) is 0 Å². The largest absolute Gasteiger partial charge is 0.467 e. The summed E-state index contributed by atoms with van der Waals surface area (Å²) in [6, 6.07) is 0. The summed E-state index contributed by atoms with van der Waals surface area (Å²) in [6.45, 7) is 7.30. The highest BCUT2D eigenvalue weighted by molar-refractivity contribution is 5.70. The summed E-state index contributed by atoms with van der Waals surface area (Å²) >= 11 is 0. The van der Waals surface area contributed by atoms with E-state index in [0.717, 1.165) is 25.7 Å². The standard InChI is InChI=1S/C16H30O5/c1-5-6-7-15(8-13(2)3)21-16(18)9-14(10-19-4)11-20-12-17/h12-15H,5-11H2,1-4H3. The second-order valence-electron chi connectivity index (χ2n) is 5.84. The van der Waals surface area contributed by atoms with Crippen LogP contribution in [0, 0.1) is 11.8 Å². The first-order valence-electron chi connectivity index (χ1n) is 7.77. The molecular formula is C16H30O5. The minimum atomic E-state index is -0.242. The zero-order chi connectivity index (χ0) is 16.1. The molecule has 0 aliphatic heterocycles. The predicted octanol–water partition coefficient (Wildman–Crippen LogP) is 2.96. The third-order valence-electron chi connectivity index (χ3n) is 3.17. The minimum absolute atomic E-state index is 0.0207. The van der Waals surface area contributed by atoms with Crippen molar-refractivity contribution >= 4 is 12.4 Å². The molecule has 0 spiro atoms. The summed E-state index contributed by atoms with van der Waals surface area (Å²) in [7, 11) is 1.56. The molecule has 0 aliphatic rings. The minimum Gasteiger partial charge on any atom is -0.467 e. The second kappa shape index (κ2) is 12.6. The van der Waals surface area contributed by atoms with Crippen LogP contribution in [0.2, 0.25) is 0 Å². The third-order valence-corrected chi connectivity index (χ3v) is 3.17. The molecule has 0 fully saturated rings. The summed E-state index contributed by atoms with van der Waals surface area (Å²) in [5.74, 6) is 0.0969. The van der Waals surface area contributed by atoms with E-state index >= 15 is 0 Å². The van der Waals surface area contributed by atoms with Gasteiger partial charge in [-0.2, -0.15) is 0 Å². The highest BCUT2D eigenvalue weighted by Crippen LogP contribution is 2.17. The van der Waals surface area contributed by atoms with Crippen molar-refractivity contribution in [2.24, 2.45) is 11.8 Å². The van der Waals surface area contributed by atoms with Gasteiger partial charge in [-0.05, 0) is 18.8 Å². The number of ether oxygens (including phenoxy) is 3. The van der Waals surface area contributed by atoms with Crippen LogP contribution in [0.1, 0.15) is 52.9 Å². The molecule has 0 rings (SSSR count). The quantitative estimate of drug-likeness (QED) is 0.386. The smallest absolute Gasteiger partial charge is 0.306 e. The SMILES string of the molecule is CCCCC(CC(C)C)OC(=O)CC(COC)COC=O. The van der Waals surface area contributed by atoms with Gasteiger partial charge in [0.2, 0.25) is 0 Å². The summed E-state index contributed by atoms with van der Waals surface area (Å²) in [5.41, 5.74) is 0. The van der Waals surface area contributed by atoms with Crippen LogP contribution in [-0.2, 0) is 23.8 Å². The van der Waals surface area contributed by atoms with Gasteiger partial charge in [0.05, 0.1) is 19.6 Å². The molecule has 5 nitrogen and oxygen atoms in total. The van der Waals surface area contributed by atoms with Gasteiger partial charge >= 0.3 is 5.97 Å². The summed E-state index contributed by atoms with van der Waals surface area (Å²) in [5, 5.41) is 0. The molecule has 0 saturated heterocycles. The number of carbonyl (C=O) groups excluding carboxylic acids is 2. The van der Waals surface area contributed by atoms with Crippen molar-refractivity contribution in [3.05, 3.63) is 0 Å². The summed E-state index contributed by atoms with van der Waals surface area (Å²) in [6.07, 6.45) is 4.12. The molecule has 0 heterocycles. The zero-order valence-electron chi connectivity index (χ0n) is 13.8. The molecule has 2 atom stereocenters. The number of esters is 1. The highest BCUT2D eigenvalue weighted by Gasteiger charge is 2.20. The Morgan fingerprint density at radius 1 is 1.24 bits per heavy atom. The van der Waals surface area contributed by atoms with Crippen molar-refractivity contribution < 1.29 is 23.8 Å². The topological polar surface area (TPSA) is 61.8 Å². The van der Waals surface area contributed by atoms with Crippen LogP contribution in [0.4, 0.5) is 0 Å². The Hall–Kier alpha value is -1.10. The lowest BCUT2D eigenvalue weighted by atomic mass is 10.0. The maximum Gasteiger partial charge on any atom is 0.306 e. The van der Waals surface area contributed by atoms with Gasteiger partial charge in [0.25, 0.3) is 6.47 Å². The van der Waals surface area contributed by atoms with Crippen LogP contribution >= 0.6 is 0 Å². The molecule has 0 amide bonds. The average molecular weight is 302 g/mol. The van der Waals surface area contributed by atoms with Crippen LogP contribution in [0.25, 0.3) is 0 Å². The molecule has 0 bridgehead atoms. The lowest BCUT2D eigenvalue weighted by Crippen LogP contribution is -2.25. The van der Waals surface area contributed by atoms with Crippen LogP contribution in [-0.4, -0.2) is 38.9 Å². The van der Waals surface area contributed by atoms with Crippen LogP contribution < -0.4 is 0 Å². The number of carbonyl (C=O) groups is 2. The summed E-state index contributed by atoms with van der Waals surface area (Å²) < 4.78 is 15.3. The zero-order valence-corrected chi connectivity index (χ0v) is 13.8. The van der Waals surface area contributed by atoms with E-state index in [1.165, 1.54) is 0 Å². The second-order valence-corrected chi connectivity index (χ2v) is 5.84. The van der Waals surface area contributed by atoms with E-state index in [1.807, 2.05) is 0 Å². The average Bonchev–Trinajstić information content (AvgIpc) is 2.41. The fraction of sp³-hybridized carbons (Fsp3) is 0.875. The lowest BCUT2D eigenvalue weighted by molar-refractivity contribution is -0.153. The van der Waals surface area contributed by atoms with Crippen LogP contribution in [0.5, 0.6) is 0 Å². The number of unbranched alkanes of at least 4 members (excludes halogenated alkanes) is 1. The number of rotatable bonds is 13. The van der Waals surface area contributed by atoms with Gasteiger partial charge in [0, 0.05) is 13.0 Å². The van der Waals surface area contributed by atoms with Crippen molar-refractivity contribution in [1.82, 2.24) is 0 Å². The first-order chi connectivity index (χ1) is 10.0. The van der Waals surface area contributed by atoms with Gasteiger partial charge < -0.3 is 14.2 Å². The maximum absolute atomic E-state index is 12.0. The highest BCUT2D eigenvalue weighted by atomic mass is 16.5. The Bertz CT molecular complexity index is 278. The molecule has 2 unspecified atom stereocenters. The Balaban J connectivity index is 4.32. The molecule has 0 aromatic heterocycles. The van der Waals surface area contributed by atoms with E-state index in [9.17, 15) is 9.59 Å². The Morgan fingerprint density at radius 2 is 1.95 bits per heavy atom. The van der Waals surface area contributed by atoms with Gasteiger partial charge in [-0.25, -0.2) is 0 Å². The van der Waals surface area contributed by atoms with E-state index in [4.69, 9.17) is 14.2 Å². The Kier molecular flexibility index (Phi) is 12.0. The van der Waals surface area contributed by atoms with Crippen molar-refractivity contribution in [1.29, 1.82) is 0 Å². The van der Waals surface area contributed by atoms with Crippen molar-refractivity contribution in [3.63, 3.8) is 0 Å². The van der Waals surface area contributed by atoms with Gasteiger partial charge in [0.15, 0.2) is 0 Å². The first kappa shape index (κ1) is 19.9. The van der Waals surface area contributed by atoms with Crippen molar-refractivity contribution in [2.45, 2.75) is 59.0 Å². The van der Waals surface area contributed by atoms with Crippen LogP contribution in [0.15, 0.2) is 0 Å². The number of hydrogen-bond donors (Lipinski definition) is 0. The van der Waals surface area contributed by atoms with E-state index < -0.39 is 0 Å². The fourth-order valence-electron chi connectivity index (χ4n) is 2.23. The first-order valence-corrected chi connectivity index (χ1v) is 7.77. The van der Waals surface area contributed by atoms with Crippen molar-refractivity contribution in [3.8, 4) is 0 Å².